The van der Waals surface area contributed by atoms with E-state index < -0.39 is 23.0 Å². The van der Waals surface area contributed by atoms with Crippen LogP contribution in [0.2, 0.25) is 0 Å². The minimum Gasteiger partial charge on any atom is -0.325 e. The molecule has 0 atom stereocenters. The maximum Gasteiger partial charge on any atom is 0.239 e. The number of anilines is 2. The van der Waals surface area contributed by atoms with Gasteiger partial charge in [-0.15, -0.1) is 0 Å². The fraction of sp³-hybridized carbons (Fsp3) is 0.150. The molecule has 3 rings (SSSR count). The predicted octanol–water partition coefficient (Wildman–Crippen LogP) is 3.98. The van der Waals surface area contributed by atoms with Gasteiger partial charge in [0.2, 0.25) is 11.8 Å². The zero-order valence-electron chi connectivity index (χ0n) is 14.4. The molecule has 1 aromatic heterocycles. The summed E-state index contributed by atoms with van der Waals surface area (Å²) in [6.07, 6.45) is 1.64. The number of aromatic nitrogens is 1. The monoisotopic (exact) mass is 351 g/mol. The summed E-state index contributed by atoms with van der Waals surface area (Å²) < 4.78 is 13.3. The molecule has 0 saturated heterocycles. The predicted molar refractivity (Wildman–Crippen MR) is 99.2 cm³/mol. The van der Waals surface area contributed by atoms with Crippen molar-refractivity contribution in [2.24, 2.45) is 5.41 Å². The van der Waals surface area contributed by atoms with Crippen LogP contribution in [0, 0.1) is 11.2 Å². The minimum atomic E-state index is -1.37. The standard InChI is InChI=1S/C20H18FN3O2/c1-20(2,18(25)23-15-9-4-8-14(21)12-15)19(26)24-16-10-3-6-13-7-5-11-22-17(13)16/h3-12H,1-2H3,(H,23,25)(H,24,26). The Morgan fingerprint density at radius 1 is 0.962 bits per heavy atom. The normalized spacial score (nSPS) is 11.2. The highest BCUT2D eigenvalue weighted by molar-refractivity contribution is 6.15. The van der Waals surface area contributed by atoms with Crippen molar-refractivity contribution in [3.63, 3.8) is 0 Å². The van der Waals surface area contributed by atoms with Gasteiger partial charge in [-0.1, -0.05) is 24.3 Å². The molecule has 2 aromatic carbocycles. The Morgan fingerprint density at radius 2 is 1.65 bits per heavy atom. The van der Waals surface area contributed by atoms with Gasteiger partial charge in [-0.3, -0.25) is 14.6 Å². The van der Waals surface area contributed by atoms with Crippen molar-refractivity contribution >= 4 is 34.1 Å². The molecule has 0 aliphatic heterocycles. The van der Waals surface area contributed by atoms with Crippen LogP contribution >= 0.6 is 0 Å². The summed E-state index contributed by atoms with van der Waals surface area (Å²) in [6, 6.07) is 14.6. The zero-order valence-corrected chi connectivity index (χ0v) is 14.4. The second kappa shape index (κ2) is 6.92. The molecule has 0 aliphatic rings. The Kier molecular flexibility index (Phi) is 4.67. The Hall–Kier alpha value is -3.28. The molecule has 0 spiro atoms. The lowest BCUT2D eigenvalue weighted by Gasteiger charge is -2.23. The van der Waals surface area contributed by atoms with Gasteiger partial charge in [0.15, 0.2) is 0 Å². The van der Waals surface area contributed by atoms with Gasteiger partial charge in [0, 0.05) is 17.3 Å². The Bertz CT molecular complexity index is 980. The fourth-order valence-electron chi connectivity index (χ4n) is 2.44. The average molecular weight is 351 g/mol. The molecule has 26 heavy (non-hydrogen) atoms. The molecule has 0 fully saturated rings. The topological polar surface area (TPSA) is 71.1 Å². The second-order valence-electron chi connectivity index (χ2n) is 6.42. The van der Waals surface area contributed by atoms with Gasteiger partial charge in [0.05, 0.1) is 11.2 Å². The van der Waals surface area contributed by atoms with Gasteiger partial charge < -0.3 is 10.6 Å². The van der Waals surface area contributed by atoms with Crippen molar-refractivity contribution in [1.29, 1.82) is 0 Å². The van der Waals surface area contributed by atoms with E-state index in [1.165, 1.54) is 32.0 Å². The molecule has 0 aliphatic carbocycles. The summed E-state index contributed by atoms with van der Waals surface area (Å²) in [5.41, 5.74) is 0.0932. The smallest absolute Gasteiger partial charge is 0.239 e. The molecule has 2 amide bonds. The molecular weight excluding hydrogens is 333 g/mol. The molecule has 0 bridgehead atoms. The first kappa shape index (κ1) is 17.5. The van der Waals surface area contributed by atoms with E-state index in [1.54, 1.807) is 24.4 Å². The molecule has 0 saturated carbocycles. The largest absolute Gasteiger partial charge is 0.325 e. The van der Waals surface area contributed by atoms with Gasteiger partial charge in [-0.2, -0.15) is 0 Å². The number of nitrogens with zero attached hydrogens (tertiary/aromatic N) is 1. The van der Waals surface area contributed by atoms with Crippen molar-refractivity contribution < 1.29 is 14.0 Å². The number of benzene rings is 2. The van der Waals surface area contributed by atoms with Crippen LogP contribution in [-0.4, -0.2) is 16.8 Å². The quantitative estimate of drug-likeness (QED) is 0.699. The van der Waals surface area contributed by atoms with Crippen LogP contribution in [0.15, 0.2) is 60.8 Å². The third-order valence-corrected chi connectivity index (χ3v) is 4.10. The first-order valence-corrected chi connectivity index (χ1v) is 8.10. The van der Waals surface area contributed by atoms with Crippen molar-refractivity contribution in [3.05, 3.63) is 66.6 Å². The van der Waals surface area contributed by atoms with Crippen molar-refractivity contribution in [2.45, 2.75) is 13.8 Å². The fourth-order valence-corrected chi connectivity index (χ4v) is 2.44. The highest BCUT2D eigenvalue weighted by atomic mass is 19.1. The number of carbonyl (C=O) groups is 2. The third kappa shape index (κ3) is 3.54. The molecule has 2 N–H and O–H groups in total. The minimum absolute atomic E-state index is 0.294. The van der Waals surface area contributed by atoms with Crippen LogP contribution < -0.4 is 10.6 Å². The molecular formula is C20H18FN3O2. The molecule has 3 aromatic rings. The van der Waals surface area contributed by atoms with E-state index in [1.807, 2.05) is 18.2 Å². The van der Waals surface area contributed by atoms with E-state index in [-0.39, 0.29) is 0 Å². The molecule has 1 heterocycles. The van der Waals surface area contributed by atoms with Crippen LogP contribution in [0.5, 0.6) is 0 Å². The van der Waals surface area contributed by atoms with E-state index in [4.69, 9.17) is 0 Å². The Balaban J connectivity index is 1.80. The van der Waals surface area contributed by atoms with Crippen LogP contribution in [0.3, 0.4) is 0 Å². The van der Waals surface area contributed by atoms with Crippen molar-refractivity contribution in [3.8, 4) is 0 Å². The first-order valence-electron chi connectivity index (χ1n) is 8.10. The van der Waals surface area contributed by atoms with Gasteiger partial charge >= 0.3 is 0 Å². The average Bonchev–Trinajstić information content (AvgIpc) is 2.62. The highest BCUT2D eigenvalue weighted by Crippen LogP contribution is 2.25. The number of nitrogens with one attached hydrogen (secondary N) is 2. The maximum atomic E-state index is 13.3. The SMILES string of the molecule is CC(C)(C(=O)Nc1cccc(F)c1)C(=O)Nc1cccc2cccnc12. The lowest BCUT2D eigenvalue weighted by molar-refractivity contribution is -0.135. The number of fused-ring (bicyclic) bond motifs is 1. The number of carbonyl (C=O) groups excluding carboxylic acids is 2. The van der Waals surface area contributed by atoms with Crippen molar-refractivity contribution in [1.82, 2.24) is 4.98 Å². The summed E-state index contributed by atoms with van der Waals surface area (Å²) in [5.74, 6) is -1.48. The van der Waals surface area contributed by atoms with Gasteiger partial charge in [0.25, 0.3) is 0 Å². The summed E-state index contributed by atoms with van der Waals surface area (Å²) in [5, 5.41) is 6.22. The van der Waals surface area contributed by atoms with Gasteiger partial charge in [-0.25, -0.2) is 4.39 Å². The van der Waals surface area contributed by atoms with Crippen LogP contribution in [-0.2, 0) is 9.59 Å². The molecule has 132 valence electrons. The lowest BCUT2D eigenvalue weighted by Crippen LogP contribution is -2.41. The van der Waals surface area contributed by atoms with E-state index in [2.05, 4.69) is 15.6 Å². The number of amides is 2. The summed E-state index contributed by atoms with van der Waals surface area (Å²) in [6.45, 7) is 3.02. The molecule has 0 radical (unpaired) electrons. The number of rotatable bonds is 4. The maximum absolute atomic E-state index is 13.3. The summed E-state index contributed by atoms with van der Waals surface area (Å²) in [7, 11) is 0. The van der Waals surface area contributed by atoms with Crippen LogP contribution in [0.1, 0.15) is 13.8 Å². The lowest BCUT2D eigenvalue weighted by atomic mass is 9.90. The Labute approximate surface area is 150 Å². The highest BCUT2D eigenvalue weighted by Gasteiger charge is 2.36. The van der Waals surface area contributed by atoms with Crippen LogP contribution in [0.4, 0.5) is 15.8 Å². The first-order chi connectivity index (χ1) is 12.4. The van der Waals surface area contributed by atoms with E-state index in [0.29, 0.717) is 16.9 Å². The molecule has 0 unspecified atom stereocenters. The molecule has 6 heteroatoms. The van der Waals surface area contributed by atoms with E-state index in [9.17, 15) is 14.0 Å². The third-order valence-electron chi connectivity index (χ3n) is 4.10. The molecule has 5 nitrogen and oxygen atoms in total. The van der Waals surface area contributed by atoms with E-state index in [0.717, 1.165) is 5.39 Å². The summed E-state index contributed by atoms with van der Waals surface area (Å²) >= 11 is 0. The number of hydrogen-bond donors (Lipinski definition) is 2. The number of hydrogen-bond acceptors (Lipinski definition) is 3. The number of pyridine rings is 1. The van der Waals surface area contributed by atoms with Crippen molar-refractivity contribution in [2.75, 3.05) is 10.6 Å². The zero-order chi connectivity index (χ0) is 18.7. The van der Waals surface area contributed by atoms with Gasteiger partial charge in [-0.05, 0) is 44.2 Å². The second-order valence-corrected chi connectivity index (χ2v) is 6.42. The number of halogens is 1. The Morgan fingerprint density at radius 3 is 2.42 bits per heavy atom. The van der Waals surface area contributed by atoms with Crippen LogP contribution in [0.25, 0.3) is 10.9 Å². The van der Waals surface area contributed by atoms with E-state index >= 15 is 0 Å². The number of para-hydroxylation sites is 1. The van der Waals surface area contributed by atoms with Gasteiger partial charge in [0.1, 0.15) is 11.2 Å². The summed E-state index contributed by atoms with van der Waals surface area (Å²) in [4.78, 5) is 29.5.